The van der Waals surface area contributed by atoms with Crippen molar-refractivity contribution in [2.24, 2.45) is 0 Å². The van der Waals surface area contributed by atoms with Gasteiger partial charge in [0.1, 0.15) is 5.69 Å². The second-order valence-electron chi connectivity index (χ2n) is 6.32. The van der Waals surface area contributed by atoms with Crippen molar-refractivity contribution < 1.29 is 4.79 Å². The van der Waals surface area contributed by atoms with Gasteiger partial charge in [0.25, 0.3) is 5.91 Å². The zero-order chi connectivity index (χ0) is 18.5. The summed E-state index contributed by atoms with van der Waals surface area (Å²) < 4.78 is 0. The Kier molecular flexibility index (Phi) is 5.27. The Morgan fingerprint density at radius 2 is 1.77 bits per heavy atom. The van der Waals surface area contributed by atoms with Gasteiger partial charge < -0.3 is 10.6 Å². The molecule has 0 aliphatic rings. The zero-order valence-electron chi connectivity index (χ0n) is 15.2. The highest BCUT2D eigenvalue weighted by molar-refractivity contribution is 6.03. The molecule has 3 rings (SSSR count). The Labute approximate surface area is 153 Å². The summed E-state index contributed by atoms with van der Waals surface area (Å²) >= 11 is 0. The Hall–Kier alpha value is -3.21. The van der Waals surface area contributed by atoms with E-state index in [0.717, 1.165) is 16.9 Å². The minimum Gasteiger partial charge on any atom is -0.350 e. The standard InChI is InChI=1S/C21H22N4O/c1-14-7-6-10-18(11-14)24-20(26)19-12-16(3)23-21(25-19)22-13-17-9-5-4-8-15(17)2/h4-12H,13H2,1-3H3,(H,24,26)(H,22,23,25). The number of rotatable bonds is 5. The van der Waals surface area contributed by atoms with E-state index in [2.05, 4.69) is 39.7 Å². The molecule has 2 aromatic carbocycles. The number of nitrogens with zero attached hydrogens (tertiary/aromatic N) is 2. The number of anilines is 2. The van der Waals surface area contributed by atoms with Crippen LogP contribution in [-0.2, 0) is 6.54 Å². The van der Waals surface area contributed by atoms with E-state index in [4.69, 9.17) is 0 Å². The average Bonchev–Trinajstić information content (AvgIpc) is 2.60. The Morgan fingerprint density at radius 3 is 2.54 bits per heavy atom. The van der Waals surface area contributed by atoms with E-state index in [1.807, 2.05) is 50.2 Å². The molecule has 0 fully saturated rings. The fourth-order valence-electron chi connectivity index (χ4n) is 2.66. The normalized spacial score (nSPS) is 10.4. The highest BCUT2D eigenvalue weighted by atomic mass is 16.1. The molecule has 132 valence electrons. The van der Waals surface area contributed by atoms with Gasteiger partial charge in [-0.15, -0.1) is 0 Å². The summed E-state index contributed by atoms with van der Waals surface area (Å²) in [6.07, 6.45) is 0. The lowest BCUT2D eigenvalue weighted by Crippen LogP contribution is -2.16. The Balaban J connectivity index is 1.74. The van der Waals surface area contributed by atoms with E-state index in [9.17, 15) is 4.79 Å². The molecule has 0 aliphatic carbocycles. The lowest BCUT2D eigenvalue weighted by molar-refractivity contribution is 0.102. The number of aromatic nitrogens is 2. The van der Waals surface area contributed by atoms with Crippen molar-refractivity contribution in [1.29, 1.82) is 0 Å². The van der Waals surface area contributed by atoms with Gasteiger partial charge in [0.15, 0.2) is 0 Å². The van der Waals surface area contributed by atoms with E-state index in [1.54, 1.807) is 6.07 Å². The molecular formula is C21H22N4O. The van der Waals surface area contributed by atoms with Crippen LogP contribution in [0.4, 0.5) is 11.6 Å². The maximum atomic E-state index is 12.5. The molecule has 0 aliphatic heterocycles. The smallest absolute Gasteiger partial charge is 0.274 e. The SMILES string of the molecule is Cc1cccc(NC(=O)c2cc(C)nc(NCc3ccccc3C)n2)c1. The van der Waals surface area contributed by atoms with Gasteiger partial charge in [-0.3, -0.25) is 4.79 Å². The number of hydrogen-bond donors (Lipinski definition) is 2. The highest BCUT2D eigenvalue weighted by Crippen LogP contribution is 2.13. The number of aryl methyl sites for hydroxylation is 3. The number of benzene rings is 2. The predicted octanol–water partition coefficient (Wildman–Crippen LogP) is 4.27. The van der Waals surface area contributed by atoms with E-state index >= 15 is 0 Å². The number of hydrogen-bond acceptors (Lipinski definition) is 4. The molecule has 0 saturated carbocycles. The minimum absolute atomic E-state index is 0.250. The van der Waals surface area contributed by atoms with Crippen LogP contribution in [0.2, 0.25) is 0 Å². The quantitative estimate of drug-likeness (QED) is 0.724. The summed E-state index contributed by atoms with van der Waals surface area (Å²) in [5.41, 5.74) is 5.28. The molecule has 2 N–H and O–H groups in total. The Bertz CT molecular complexity index is 937. The lowest BCUT2D eigenvalue weighted by atomic mass is 10.1. The van der Waals surface area contributed by atoms with Crippen molar-refractivity contribution in [3.8, 4) is 0 Å². The van der Waals surface area contributed by atoms with Gasteiger partial charge in [0.2, 0.25) is 5.95 Å². The van der Waals surface area contributed by atoms with Crippen LogP contribution in [-0.4, -0.2) is 15.9 Å². The number of carbonyl (C=O) groups excluding carboxylic acids is 1. The topological polar surface area (TPSA) is 66.9 Å². The highest BCUT2D eigenvalue weighted by Gasteiger charge is 2.11. The number of nitrogens with one attached hydrogen (secondary N) is 2. The molecule has 1 heterocycles. The van der Waals surface area contributed by atoms with Crippen molar-refractivity contribution in [3.63, 3.8) is 0 Å². The van der Waals surface area contributed by atoms with E-state index < -0.39 is 0 Å². The minimum atomic E-state index is -0.250. The first-order valence-corrected chi connectivity index (χ1v) is 8.53. The fraction of sp³-hybridized carbons (Fsp3) is 0.190. The van der Waals surface area contributed by atoms with Gasteiger partial charge in [-0.05, 0) is 55.7 Å². The molecule has 0 atom stereocenters. The number of amides is 1. The van der Waals surface area contributed by atoms with Crippen molar-refractivity contribution in [1.82, 2.24) is 9.97 Å². The monoisotopic (exact) mass is 346 g/mol. The van der Waals surface area contributed by atoms with Gasteiger partial charge in [-0.2, -0.15) is 0 Å². The van der Waals surface area contributed by atoms with Gasteiger partial charge in [-0.1, -0.05) is 36.4 Å². The first kappa shape index (κ1) is 17.6. The van der Waals surface area contributed by atoms with Crippen LogP contribution < -0.4 is 10.6 Å². The molecule has 0 radical (unpaired) electrons. The van der Waals surface area contributed by atoms with Crippen LogP contribution in [0, 0.1) is 20.8 Å². The molecule has 0 unspecified atom stereocenters. The van der Waals surface area contributed by atoms with E-state index in [-0.39, 0.29) is 5.91 Å². The molecule has 0 saturated heterocycles. The zero-order valence-corrected chi connectivity index (χ0v) is 15.2. The van der Waals surface area contributed by atoms with Crippen LogP contribution in [0.25, 0.3) is 0 Å². The molecule has 1 aromatic heterocycles. The average molecular weight is 346 g/mol. The van der Waals surface area contributed by atoms with E-state index in [0.29, 0.717) is 18.2 Å². The summed E-state index contributed by atoms with van der Waals surface area (Å²) in [4.78, 5) is 21.3. The number of carbonyl (C=O) groups is 1. The molecular weight excluding hydrogens is 324 g/mol. The maximum Gasteiger partial charge on any atom is 0.274 e. The van der Waals surface area contributed by atoms with Crippen LogP contribution >= 0.6 is 0 Å². The summed E-state index contributed by atoms with van der Waals surface area (Å²) in [5.74, 6) is 0.197. The summed E-state index contributed by atoms with van der Waals surface area (Å²) in [6, 6.07) is 17.5. The second kappa shape index (κ2) is 7.78. The largest absolute Gasteiger partial charge is 0.350 e. The van der Waals surface area contributed by atoms with Gasteiger partial charge in [0.05, 0.1) is 0 Å². The lowest BCUT2D eigenvalue weighted by Gasteiger charge is -2.10. The third-order valence-corrected chi connectivity index (χ3v) is 4.06. The molecule has 5 nitrogen and oxygen atoms in total. The summed E-state index contributed by atoms with van der Waals surface area (Å²) in [5, 5.41) is 6.09. The van der Waals surface area contributed by atoms with Gasteiger partial charge in [-0.25, -0.2) is 9.97 Å². The van der Waals surface area contributed by atoms with Crippen molar-refractivity contribution in [2.75, 3.05) is 10.6 Å². The second-order valence-corrected chi connectivity index (χ2v) is 6.32. The predicted molar refractivity (Wildman–Crippen MR) is 104 cm³/mol. The van der Waals surface area contributed by atoms with Crippen molar-refractivity contribution in [2.45, 2.75) is 27.3 Å². The Morgan fingerprint density at radius 1 is 0.962 bits per heavy atom. The molecule has 5 heteroatoms. The maximum absolute atomic E-state index is 12.5. The van der Waals surface area contributed by atoms with Crippen LogP contribution in [0.5, 0.6) is 0 Å². The first-order chi connectivity index (χ1) is 12.5. The summed E-state index contributed by atoms with van der Waals surface area (Å²) in [6.45, 7) is 6.51. The van der Waals surface area contributed by atoms with Crippen molar-refractivity contribution >= 4 is 17.5 Å². The van der Waals surface area contributed by atoms with Gasteiger partial charge >= 0.3 is 0 Å². The third-order valence-electron chi connectivity index (χ3n) is 4.06. The third kappa shape index (κ3) is 4.45. The molecule has 0 bridgehead atoms. The molecule has 0 spiro atoms. The molecule has 26 heavy (non-hydrogen) atoms. The summed E-state index contributed by atoms with van der Waals surface area (Å²) in [7, 11) is 0. The molecule has 3 aromatic rings. The van der Waals surface area contributed by atoms with E-state index in [1.165, 1.54) is 11.1 Å². The van der Waals surface area contributed by atoms with Crippen LogP contribution in [0.3, 0.4) is 0 Å². The van der Waals surface area contributed by atoms with Gasteiger partial charge in [0, 0.05) is 17.9 Å². The molecule has 1 amide bonds. The van der Waals surface area contributed by atoms with Crippen LogP contribution in [0.1, 0.15) is 32.9 Å². The fourth-order valence-corrected chi connectivity index (χ4v) is 2.66. The van der Waals surface area contributed by atoms with Crippen molar-refractivity contribution in [3.05, 3.63) is 82.7 Å². The first-order valence-electron chi connectivity index (χ1n) is 8.53. The van der Waals surface area contributed by atoms with Crippen LogP contribution in [0.15, 0.2) is 54.6 Å².